The smallest absolute Gasteiger partial charge is 0.430 e. The lowest BCUT2D eigenvalue weighted by Gasteiger charge is -2.27. The Hall–Kier alpha value is -2.48. The molecule has 0 saturated heterocycles. The molecule has 1 aromatic carbocycles. The van der Waals surface area contributed by atoms with Crippen LogP contribution in [0.25, 0.3) is 6.08 Å². The average Bonchev–Trinajstić information content (AvgIpc) is 2.98. The van der Waals surface area contributed by atoms with Gasteiger partial charge in [-0.25, -0.2) is 4.79 Å². The molecule has 2 heterocycles. The monoisotopic (exact) mass is 358 g/mol. The van der Waals surface area contributed by atoms with E-state index < -0.39 is 23.8 Å². The highest BCUT2D eigenvalue weighted by Gasteiger charge is 2.48. The number of benzene rings is 1. The maximum Gasteiger partial charge on any atom is 0.430 e. The normalized spacial score (nSPS) is 17.0. The molecule has 0 spiro atoms. The van der Waals surface area contributed by atoms with Crippen molar-refractivity contribution >= 4 is 23.6 Å². The third kappa shape index (κ3) is 3.09. The first-order chi connectivity index (χ1) is 11.3. The van der Waals surface area contributed by atoms with Gasteiger partial charge in [0, 0.05) is 23.0 Å². The molecule has 1 N–H and O–H groups in total. The number of carboxylic acids is 1. The predicted molar refractivity (Wildman–Crippen MR) is 78.9 cm³/mol. The molecule has 126 valence electrons. The van der Waals surface area contributed by atoms with Gasteiger partial charge in [0.25, 0.3) is 0 Å². The van der Waals surface area contributed by atoms with Crippen LogP contribution in [-0.2, 0) is 11.3 Å². The first kappa shape index (κ1) is 16.4. The van der Waals surface area contributed by atoms with Gasteiger partial charge in [0.15, 0.2) is 0 Å². The number of aliphatic carboxylic acids is 1. The fourth-order valence-electron chi connectivity index (χ4n) is 2.37. The van der Waals surface area contributed by atoms with Crippen molar-refractivity contribution in [2.75, 3.05) is 0 Å². The number of fused-ring (bicyclic) bond motifs is 1. The molecular formula is C15H10ClF3N2O3. The minimum Gasteiger partial charge on any atom is -0.478 e. The van der Waals surface area contributed by atoms with Crippen LogP contribution in [0.5, 0.6) is 5.75 Å². The standard InChI is InChI=1S/C15H10ClF3N2O3/c16-11-5-8-4-10(14(22)23)13(15(17,18)19)24-12(8)6-9(11)7-21-3-1-2-20-21/h1-6,13H,7H2,(H,22,23). The van der Waals surface area contributed by atoms with Gasteiger partial charge in [0.2, 0.25) is 6.10 Å². The number of carboxylic acid groups (broad SMARTS) is 1. The zero-order chi connectivity index (χ0) is 17.5. The SMILES string of the molecule is O=C(O)C1=Cc2cc(Cl)c(Cn3cccn3)cc2OC1C(F)(F)F. The maximum atomic E-state index is 13.1. The molecule has 0 fully saturated rings. The Morgan fingerprint density at radius 3 is 2.75 bits per heavy atom. The minimum atomic E-state index is -4.84. The Bertz CT molecular complexity index is 816. The summed E-state index contributed by atoms with van der Waals surface area (Å²) in [5.74, 6) is -1.77. The largest absolute Gasteiger partial charge is 0.478 e. The molecule has 0 amide bonds. The molecule has 1 unspecified atom stereocenters. The summed E-state index contributed by atoms with van der Waals surface area (Å²) < 4.78 is 45.7. The van der Waals surface area contributed by atoms with E-state index in [1.807, 2.05) is 0 Å². The van der Waals surface area contributed by atoms with Crippen LogP contribution in [0.1, 0.15) is 11.1 Å². The zero-order valence-electron chi connectivity index (χ0n) is 11.9. The summed E-state index contributed by atoms with van der Waals surface area (Å²) in [6.07, 6.45) is -3.20. The van der Waals surface area contributed by atoms with Crippen molar-refractivity contribution in [3.63, 3.8) is 0 Å². The summed E-state index contributed by atoms with van der Waals surface area (Å²) in [5, 5.41) is 13.3. The van der Waals surface area contributed by atoms with E-state index in [1.54, 1.807) is 23.1 Å². The number of halogens is 4. The number of ether oxygens (including phenoxy) is 1. The lowest BCUT2D eigenvalue weighted by atomic mass is 10.00. The van der Waals surface area contributed by atoms with Crippen molar-refractivity contribution in [2.24, 2.45) is 0 Å². The van der Waals surface area contributed by atoms with Gasteiger partial charge in [0.1, 0.15) is 5.75 Å². The highest BCUT2D eigenvalue weighted by atomic mass is 35.5. The molecule has 1 aliphatic rings. The van der Waals surface area contributed by atoms with E-state index in [0.29, 0.717) is 5.56 Å². The third-order valence-corrected chi connectivity index (χ3v) is 3.80. The molecule has 1 aliphatic heterocycles. The molecule has 0 aliphatic carbocycles. The van der Waals surface area contributed by atoms with Crippen LogP contribution in [0, 0.1) is 0 Å². The van der Waals surface area contributed by atoms with Crippen molar-refractivity contribution in [3.05, 3.63) is 52.3 Å². The summed E-state index contributed by atoms with van der Waals surface area (Å²) in [4.78, 5) is 11.1. The Morgan fingerprint density at radius 1 is 1.42 bits per heavy atom. The summed E-state index contributed by atoms with van der Waals surface area (Å²) in [6.45, 7) is 0.245. The van der Waals surface area contributed by atoms with Gasteiger partial charge in [-0.1, -0.05) is 11.6 Å². The molecule has 1 atom stereocenters. The van der Waals surface area contributed by atoms with Gasteiger partial charge in [-0.15, -0.1) is 0 Å². The predicted octanol–water partition coefficient (Wildman–Crippen LogP) is 3.38. The van der Waals surface area contributed by atoms with Crippen LogP contribution < -0.4 is 4.74 Å². The number of hydrogen-bond acceptors (Lipinski definition) is 3. The molecule has 0 radical (unpaired) electrons. The number of aromatic nitrogens is 2. The van der Waals surface area contributed by atoms with E-state index in [1.165, 1.54) is 12.1 Å². The zero-order valence-corrected chi connectivity index (χ0v) is 12.7. The fourth-order valence-corrected chi connectivity index (χ4v) is 2.60. The second-order valence-corrected chi connectivity index (χ2v) is 5.54. The van der Waals surface area contributed by atoms with Crippen LogP contribution in [0.15, 0.2) is 36.2 Å². The number of rotatable bonds is 3. The summed E-state index contributed by atoms with van der Waals surface area (Å²) in [6, 6.07) is 4.45. The number of nitrogens with zero attached hydrogens (tertiary/aromatic N) is 2. The second kappa shape index (κ2) is 5.86. The van der Waals surface area contributed by atoms with E-state index in [4.69, 9.17) is 21.4 Å². The third-order valence-electron chi connectivity index (χ3n) is 3.45. The molecule has 0 saturated carbocycles. The quantitative estimate of drug-likeness (QED) is 0.913. The topological polar surface area (TPSA) is 64.3 Å². The summed E-state index contributed by atoms with van der Waals surface area (Å²) in [5.41, 5.74) is -0.194. The van der Waals surface area contributed by atoms with Crippen molar-refractivity contribution in [2.45, 2.75) is 18.8 Å². The maximum absolute atomic E-state index is 13.1. The van der Waals surface area contributed by atoms with Crippen molar-refractivity contribution < 1.29 is 27.8 Å². The lowest BCUT2D eigenvalue weighted by Crippen LogP contribution is -2.40. The molecule has 3 rings (SSSR count). The van der Waals surface area contributed by atoms with E-state index in [-0.39, 0.29) is 22.9 Å². The van der Waals surface area contributed by atoms with Crippen LogP contribution in [-0.4, -0.2) is 33.1 Å². The highest BCUT2D eigenvalue weighted by molar-refractivity contribution is 6.31. The average molecular weight is 359 g/mol. The Balaban J connectivity index is 2.03. The van der Waals surface area contributed by atoms with Gasteiger partial charge >= 0.3 is 12.1 Å². The summed E-state index contributed by atoms with van der Waals surface area (Å²) in [7, 11) is 0. The van der Waals surface area contributed by atoms with Gasteiger partial charge in [-0.05, 0) is 29.8 Å². The van der Waals surface area contributed by atoms with Crippen LogP contribution in [0.2, 0.25) is 5.02 Å². The van der Waals surface area contributed by atoms with Gasteiger partial charge in [0.05, 0.1) is 12.1 Å². The number of alkyl halides is 3. The van der Waals surface area contributed by atoms with Gasteiger partial charge in [-0.2, -0.15) is 18.3 Å². The Morgan fingerprint density at radius 2 is 2.17 bits per heavy atom. The lowest BCUT2D eigenvalue weighted by molar-refractivity contribution is -0.187. The van der Waals surface area contributed by atoms with Crippen LogP contribution >= 0.6 is 11.6 Å². The summed E-state index contributed by atoms with van der Waals surface area (Å²) >= 11 is 6.14. The molecule has 24 heavy (non-hydrogen) atoms. The van der Waals surface area contributed by atoms with Gasteiger partial charge in [-0.3, -0.25) is 4.68 Å². The number of hydrogen-bond donors (Lipinski definition) is 1. The molecule has 0 bridgehead atoms. The highest BCUT2D eigenvalue weighted by Crippen LogP contribution is 2.39. The molecule has 1 aromatic heterocycles. The van der Waals surface area contributed by atoms with E-state index in [9.17, 15) is 18.0 Å². The Labute approximate surface area is 138 Å². The van der Waals surface area contributed by atoms with Crippen molar-refractivity contribution in [3.8, 4) is 5.75 Å². The van der Waals surface area contributed by atoms with Crippen LogP contribution in [0.3, 0.4) is 0 Å². The molecule has 2 aromatic rings. The van der Waals surface area contributed by atoms with E-state index in [0.717, 1.165) is 6.08 Å². The van der Waals surface area contributed by atoms with Gasteiger partial charge < -0.3 is 9.84 Å². The van der Waals surface area contributed by atoms with Crippen molar-refractivity contribution in [1.29, 1.82) is 0 Å². The number of carbonyl (C=O) groups is 1. The first-order valence-corrected chi connectivity index (χ1v) is 7.11. The van der Waals surface area contributed by atoms with Crippen molar-refractivity contribution in [1.82, 2.24) is 9.78 Å². The minimum absolute atomic E-state index is 0.0751. The Kier molecular flexibility index (Phi) is 4.00. The second-order valence-electron chi connectivity index (χ2n) is 5.13. The molecule has 5 nitrogen and oxygen atoms in total. The first-order valence-electron chi connectivity index (χ1n) is 6.74. The molecular weight excluding hydrogens is 349 g/mol. The fraction of sp³-hybridized carbons (Fsp3) is 0.200. The van der Waals surface area contributed by atoms with E-state index >= 15 is 0 Å². The molecule has 9 heteroatoms. The van der Waals surface area contributed by atoms with Crippen LogP contribution in [0.4, 0.5) is 13.2 Å². The van der Waals surface area contributed by atoms with E-state index in [2.05, 4.69) is 5.10 Å².